The summed E-state index contributed by atoms with van der Waals surface area (Å²) in [7, 11) is 2.08. The molecule has 0 heterocycles. The molecule has 0 amide bonds. The third-order valence-corrected chi connectivity index (χ3v) is 1.86. The summed E-state index contributed by atoms with van der Waals surface area (Å²) in [6, 6.07) is 8.97. The van der Waals surface area contributed by atoms with Crippen molar-refractivity contribution < 1.29 is 0 Å². The van der Waals surface area contributed by atoms with E-state index in [1.54, 1.807) is 0 Å². The molecule has 0 aromatic heterocycles. The minimum atomic E-state index is 0.719. The third kappa shape index (κ3) is 2.55. The molecule has 2 N–H and O–H groups in total. The first kappa shape index (κ1) is 9.07. The van der Waals surface area contributed by atoms with Crippen LogP contribution in [0.25, 0.3) is 0 Å². The Kier molecular flexibility index (Phi) is 3.11. The number of benzene rings is 1. The molecule has 1 rings (SSSR count). The van der Waals surface area contributed by atoms with Crippen LogP contribution in [0.3, 0.4) is 0 Å². The highest BCUT2D eigenvalue weighted by Gasteiger charge is 1.97. The zero-order valence-electron chi connectivity index (χ0n) is 7.67. The lowest BCUT2D eigenvalue weighted by molar-refractivity contribution is 0.345. The van der Waals surface area contributed by atoms with Gasteiger partial charge in [0.15, 0.2) is 0 Å². The van der Waals surface area contributed by atoms with Gasteiger partial charge in [0, 0.05) is 18.3 Å². The number of nitrogens with two attached hydrogens (primary N) is 1. The van der Waals surface area contributed by atoms with Crippen molar-refractivity contribution in [1.82, 2.24) is 4.90 Å². The van der Waals surface area contributed by atoms with Crippen molar-refractivity contribution in [2.24, 2.45) is 0 Å². The molecule has 0 spiro atoms. The van der Waals surface area contributed by atoms with Crippen LogP contribution in [0.15, 0.2) is 18.2 Å². The predicted molar refractivity (Wildman–Crippen MR) is 51.7 cm³/mol. The lowest BCUT2D eigenvalue weighted by Crippen LogP contribution is -2.16. The quantitative estimate of drug-likeness (QED) is 0.684. The van der Waals surface area contributed by atoms with Gasteiger partial charge < -0.3 is 10.6 Å². The molecule has 2 nitrogen and oxygen atoms in total. The molecule has 2 heteroatoms. The molecule has 0 aliphatic rings. The molecular weight excluding hydrogens is 148 g/mol. The van der Waals surface area contributed by atoms with Crippen molar-refractivity contribution >= 4 is 5.69 Å². The second-order valence-corrected chi connectivity index (χ2v) is 2.96. The van der Waals surface area contributed by atoms with Gasteiger partial charge in [0.2, 0.25) is 0 Å². The van der Waals surface area contributed by atoms with Gasteiger partial charge in [-0.05, 0) is 25.2 Å². The van der Waals surface area contributed by atoms with Crippen LogP contribution in [0.2, 0.25) is 0 Å². The van der Waals surface area contributed by atoms with Crippen molar-refractivity contribution in [2.45, 2.75) is 13.5 Å². The van der Waals surface area contributed by atoms with Crippen LogP contribution in [0, 0.1) is 6.07 Å². The standard InChI is InChI=1S/C10H15N2/c1-3-12(2)8-9-5-4-6-10(11)7-9/h4-6H,3,8,11H2,1-2H3. The van der Waals surface area contributed by atoms with Crippen molar-refractivity contribution in [3.8, 4) is 0 Å². The molecule has 12 heavy (non-hydrogen) atoms. The Morgan fingerprint density at radius 1 is 1.50 bits per heavy atom. The first-order valence-electron chi connectivity index (χ1n) is 4.17. The normalized spacial score (nSPS) is 10.6. The van der Waals surface area contributed by atoms with E-state index in [2.05, 4.69) is 24.9 Å². The second-order valence-electron chi connectivity index (χ2n) is 2.96. The van der Waals surface area contributed by atoms with Gasteiger partial charge in [0.1, 0.15) is 0 Å². The van der Waals surface area contributed by atoms with Crippen LogP contribution >= 0.6 is 0 Å². The fourth-order valence-electron chi connectivity index (χ4n) is 1.03. The van der Waals surface area contributed by atoms with Crippen molar-refractivity contribution in [3.63, 3.8) is 0 Å². The lowest BCUT2D eigenvalue weighted by Gasteiger charge is -2.13. The van der Waals surface area contributed by atoms with Gasteiger partial charge in [0.05, 0.1) is 0 Å². The summed E-state index contributed by atoms with van der Waals surface area (Å²) in [5.41, 5.74) is 7.47. The smallest absolute Gasteiger partial charge is 0.0397 e. The Bertz CT molecular complexity index is 245. The molecule has 0 unspecified atom stereocenters. The molecule has 65 valence electrons. The number of hydrogen-bond donors (Lipinski definition) is 1. The van der Waals surface area contributed by atoms with Crippen LogP contribution in [-0.4, -0.2) is 18.5 Å². The number of anilines is 1. The maximum absolute atomic E-state index is 5.60. The molecule has 0 fully saturated rings. The summed E-state index contributed by atoms with van der Waals surface area (Å²) in [6.07, 6.45) is 0. The van der Waals surface area contributed by atoms with E-state index in [4.69, 9.17) is 5.73 Å². The average Bonchev–Trinajstić information content (AvgIpc) is 2.04. The van der Waals surface area contributed by atoms with E-state index in [1.165, 1.54) is 0 Å². The van der Waals surface area contributed by atoms with Gasteiger partial charge >= 0.3 is 0 Å². The molecule has 0 bridgehead atoms. The maximum atomic E-state index is 5.60. The summed E-state index contributed by atoms with van der Waals surface area (Å²) in [4.78, 5) is 2.21. The number of nitrogen functional groups attached to an aromatic ring is 1. The second kappa shape index (κ2) is 4.12. The molecule has 1 aromatic carbocycles. The van der Waals surface area contributed by atoms with Crippen molar-refractivity contribution in [3.05, 3.63) is 29.8 Å². The van der Waals surface area contributed by atoms with Crippen LogP contribution in [-0.2, 0) is 6.54 Å². The topological polar surface area (TPSA) is 29.3 Å². The van der Waals surface area contributed by atoms with E-state index in [0.29, 0.717) is 0 Å². The predicted octanol–water partition coefficient (Wildman–Crippen LogP) is 1.52. The first-order chi connectivity index (χ1) is 5.72. The Hall–Kier alpha value is -1.02. The van der Waals surface area contributed by atoms with Crippen LogP contribution in [0.5, 0.6) is 0 Å². The molecule has 0 aliphatic carbocycles. The minimum Gasteiger partial charge on any atom is -0.398 e. The van der Waals surface area contributed by atoms with Crippen LogP contribution in [0.4, 0.5) is 5.69 Å². The van der Waals surface area contributed by atoms with Crippen LogP contribution in [0.1, 0.15) is 12.5 Å². The average molecular weight is 163 g/mol. The van der Waals surface area contributed by atoms with E-state index in [-0.39, 0.29) is 0 Å². The van der Waals surface area contributed by atoms with Gasteiger partial charge in [-0.15, -0.1) is 0 Å². The van der Waals surface area contributed by atoms with Crippen LogP contribution < -0.4 is 5.73 Å². The summed E-state index contributed by atoms with van der Waals surface area (Å²) in [6.45, 7) is 4.09. The zero-order valence-corrected chi connectivity index (χ0v) is 7.67. The number of nitrogens with zero attached hydrogens (tertiary/aromatic N) is 1. The Morgan fingerprint density at radius 3 is 2.83 bits per heavy atom. The third-order valence-electron chi connectivity index (χ3n) is 1.86. The molecule has 1 radical (unpaired) electrons. The fraction of sp³-hybridized carbons (Fsp3) is 0.400. The Morgan fingerprint density at radius 2 is 2.25 bits per heavy atom. The van der Waals surface area contributed by atoms with E-state index < -0.39 is 0 Å². The largest absolute Gasteiger partial charge is 0.398 e. The number of rotatable bonds is 3. The molecule has 0 saturated carbocycles. The Labute approximate surface area is 74.0 Å². The van der Waals surface area contributed by atoms with E-state index >= 15 is 0 Å². The molecule has 0 saturated heterocycles. The molecular formula is C10H15N2. The monoisotopic (exact) mass is 163 g/mol. The first-order valence-corrected chi connectivity index (χ1v) is 4.17. The highest BCUT2D eigenvalue weighted by molar-refractivity contribution is 5.38. The summed E-state index contributed by atoms with van der Waals surface area (Å²) in [5.74, 6) is 0. The van der Waals surface area contributed by atoms with Crippen molar-refractivity contribution in [1.29, 1.82) is 0 Å². The van der Waals surface area contributed by atoms with Gasteiger partial charge in [-0.3, -0.25) is 0 Å². The van der Waals surface area contributed by atoms with Gasteiger partial charge in [-0.2, -0.15) is 0 Å². The van der Waals surface area contributed by atoms with Crippen molar-refractivity contribution in [2.75, 3.05) is 19.3 Å². The van der Waals surface area contributed by atoms with Gasteiger partial charge in [0.25, 0.3) is 0 Å². The zero-order chi connectivity index (χ0) is 8.97. The summed E-state index contributed by atoms with van der Waals surface area (Å²) in [5, 5.41) is 0. The molecule has 1 aromatic rings. The molecule has 0 atom stereocenters. The van der Waals surface area contributed by atoms with Gasteiger partial charge in [-0.1, -0.05) is 19.1 Å². The van der Waals surface area contributed by atoms with E-state index in [1.807, 2.05) is 18.2 Å². The highest BCUT2D eigenvalue weighted by atomic mass is 15.1. The lowest BCUT2D eigenvalue weighted by atomic mass is 10.2. The minimum absolute atomic E-state index is 0.719. The fourth-order valence-corrected chi connectivity index (χ4v) is 1.03. The summed E-state index contributed by atoms with van der Waals surface area (Å²) >= 11 is 0. The summed E-state index contributed by atoms with van der Waals surface area (Å²) < 4.78 is 0. The maximum Gasteiger partial charge on any atom is 0.0397 e. The molecule has 0 aliphatic heterocycles. The number of hydrogen-bond acceptors (Lipinski definition) is 2. The van der Waals surface area contributed by atoms with Gasteiger partial charge in [-0.25, -0.2) is 0 Å². The van der Waals surface area contributed by atoms with E-state index in [9.17, 15) is 0 Å². The highest BCUT2D eigenvalue weighted by Crippen LogP contribution is 2.06. The SMILES string of the molecule is CCN(C)Cc1[c]c(N)ccc1. The van der Waals surface area contributed by atoms with E-state index in [0.717, 1.165) is 24.3 Å². The Balaban J connectivity index is 2.63.